The van der Waals surface area contributed by atoms with Crippen molar-refractivity contribution in [1.29, 1.82) is 0 Å². The molecule has 4 heteroatoms. The molecule has 2 atom stereocenters. The van der Waals surface area contributed by atoms with E-state index in [9.17, 15) is 9.90 Å². The normalized spacial score (nSPS) is 29.4. The maximum Gasteiger partial charge on any atom is 0.230 e. The van der Waals surface area contributed by atoms with E-state index >= 15 is 0 Å². The van der Waals surface area contributed by atoms with Crippen molar-refractivity contribution in [3.05, 3.63) is 29.8 Å². The molecule has 3 rings (SSSR count). The summed E-state index contributed by atoms with van der Waals surface area (Å²) in [5.41, 5.74) is 6.86. The van der Waals surface area contributed by atoms with Crippen LogP contribution in [-0.2, 0) is 10.2 Å². The zero-order chi connectivity index (χ0) is 14.5. The van der Waals surface area contributed by atoms with Crippen LogP contribution in [0.4, 0.5) is 5.69 Å². The van der Waals surface area contributed by atoms with Gasteiger partial charge in [-0.25, -0.2) is 0 Å². The Balaban J connectivity index is 1.73. The Morgan fingerprint density at radius 1 is 1.30 bits per heavy atom. The van der Waals surface area contributed by atoms with Gasteiger partial charge in [0, 0.05) is 17.1 Å². The lowest BCUT2D eigenvalue weighted by molar-refractivity contribution is -0.131. The monoisotopic (exact) mass is 274 g/mol. The number of nitrogens with two attached hydrogens (primary N) is 1. The SMILES string of the molecule is CC1(C)C(O)CC1NC(=O)C1(c2ccc(N)cc2)CC1. The second kappa shape index (κ2) is 4.22. The number of hydrogen-bond acceptors (Lipinski definition) is 3. The number of aliphatic hydroxyl groups excluding tert-OH is 1. The van der Waals surface area contributed by atoms with E-state index < -0.39 is 0 Å². The molecule has 2 saturated carbocycles. The number of hydrogen-bond donors (Lipinski definition) is 3. The molecule has 0 spiro atoms. The quantitative estimate of drug-likeness (QED) is 0.732. The van der Waals surface area contributed by atoms with Gasteiger partial charge in [-0.05, 0) is 37.0 Å². The van der Waals surface area contributed by atoms with E-state index in [0.29, 0.717) is 12.1 Å². The van der Waals surface area contributed by atoms with E-state index in [4.69, 9.17) is 5.73 Å². The Hall–Kier alpha value is -1.55. The number of amides is 1. The number of carbonyl (C=O) groups is 1. The third-order valence-electron chi connectivity index (χ3n) is 5.17. The van der Waals surface area contributed by atoms with Crippen molar-refractivity contribution in [2.45, 2.75) is 50.7 Å². The average Bonchev–Trinajstić information content (AvgIpc) is 3.20. The number of benzene rings is 1. The number of nitrogens with one attached hydrogen (secondary N) is 1. The highest BCUT2D eigenvalue weighted by atomic mass is 16.3. The molecule has 2 unspecified atom stereocenters. The summed E-state index contributed by atoms with van der Waals surface area (Å²) in [5, 5.41) is 12.9. The van der Waals surface area contributed by atoms with Crippen molar-refractivity contribution in [2.24, 2.45) is 5.41 Å². The molecule has 1 aromatic rings. The van der Waals surface area contributed by atoms with Gasteiger partial charge in [0.25, 0.3) is 0 Å². The van der Waals surface area contributed by atoms with Crippen molar-refractivity contribution in [1.82, 2.24) is 5.32 Å². The summed E-state index contributed by atoms with van der Waals surface area (Å²) in [6.45, 7) is 3.99. The van der Waals surface area contributed by atoms with Crippen LogP contribution in [0.5, 0.6) is 0 Å². The second-order valence-electron chi connectivity index (χ2n) is 6.80. The van der Waals surface area contributed by atoms with Gasteiger partial charge in [-0.3, -0.25) is 4.79 Å². The van der Waals surface area contributed by atoms with Gasteiger partial charge in [-0.2, -0.15) is 0 Å². The summed E-state index contributed by atoms with van der Waals surface area (Å²) in [5.74, 6) is 0.0900. The largest absolute Gasteiger partial charge is 0.399 e. The van der Waals surface area contributed by atoms with Crippen LogP contribution in [0.3, 0.4) is 0 Å². The molecule has 2 aliphatic carbocycles. The second-order valence-corrected chi connectivity index (χ2v) is 6.80. The summed E-state index contributed by atoms with van der Waals surface area (Å²) in [6.07, 6.45) is 2.10. The summed E-state index contributed by atoms with van der Waals surface area (Å²) >= 11 is 0. The maximum atomic E-state index is 12.6. The first-order chi connectivity index (χ1) is 9.36. The molecule has 0 radical (unpaired) electrons. The van der Waals surface area contributed by atoms with Crippen LogP contribution in [0.15, 0.2) is 24.3 Å². The molecular formula is C16H22N2O2. The third-order valence-corrected chi connectivity index (χ3v) is 5.17. The standard InChI is InChI=1S/C16H22N2O2/c1-15(2)12(9-13(15)19)18-14(20)16(7-8-16)10-3-5-11(17)6-4-10/h3-6,12-13,19H,7-9,17H2,1-2H3,(H,18,20). The lowest BCUT2D eigenvalue weighted by Gasteiger charge is -2.49. The summed E-state index contributed by atoms with van der Waals surface area (Å²) in [4.78, 5) is 12.6. The number of carbonyl (C=O) groups excluding carboxylic acids is 1. The molecule has 108 valence electrons. The smallest absolute Gasteiger partial charge is 0.230 e. The Morgan fingerprint density at radius 3 is 2.35 bits per heavy atom. The first-order valence-electron chi connectivity index (χ1n) is 7.21. The molecular weight excluding hydrogens is 252 g/mol. The van der Waals surface area contributed by atoms with Gasteiger partial charge < -0.3 is 16.2 Å². The Morgan fingerprint density at radius 2 is 1.90 bits per heavy atom. The zero-order valence-electron chi connectivity index (χ0n) is 12.0. The fourth-order valence-electron chi connectivity index (χ4n) is 3.02. The molecule has 2 fully saturated rings. The van der Waals surface area contributed by atoms with Gasteiger partial charge in [-0.1, -0.05) is 26.0 Å². The first-order valence-corrected chi connectivity index (χ1v) is 7.21. The van der Waals surface area contributed by atoms with E-state index in [1.165, 1.54) is 0 Å². The Bertz CT molecular complexity index is 532. The van der Waals surface area contributed by atoms with Crippen LogP contribution >= 0.6 is 0 Å². The number of aliphatic hydroxyl groups is 1. The molecule has 0 heterocycles. The minimum Gasteiger partial charge on any atom is -0.399 e. The predicted molar refractivity (Wildman–Crippen MR) is 78.1 cm³/mol. The number of nitrogen functional groups attached to an aromatic ring is 1. The van der Waals surface area contributed by atoms with E-state index in [-0.39, 0.29) is 28.9 Å². The molecule has 0 aromatic heterocycles. The molecule has 20 heavy (non-hydrogen) atoms. The highest BCUT2D eigenvalue weighted by Gasteiger charge is 2.55. The Labute approximate surface area is 119 Å². The molecule has 0 saturated heterocycles. The van der Waals surface area contributed by atoms with Gasteiger partial charge in [-0.15, -0.1) is 0 Å². The summed E-state index contributed by atoms with van der Waals surface area (Å²) in [7, 11) is 0. The minimum atomic E-state index is -0.371. The highest BCUT2D eigenvalue weighted by Crippen LogP contribution is 2.49. The average molecular weight is 274 g/mol. The Kier molecular flexibility index (Phi) is 2.83. The molecule has 0 aliphatic heterocycles. The van der Waals surface area contributed by atoms with E-state index in [2.05, 4.69) is 5.32 Å². The van der Waals surface area contributed by atoms with Gasteiger partial charge in [0.15, 0.2) is 0 Å². The lowest BCUT2D eigenvalue weighted by atomic mass is 9.64. The molecule has 0 bridgehead atoms. The molecule has 4 N–H and O–H groups in total. The maximum absolute atomic E-state index is 12.6. The van der Waals surface area contributed by atoms with Crippen LogP contribution in [0, 0.1) is 5.41 Å². The van der Waals surface area contributed by atoms with Crippen molar-refractivity contribution in [3.63, 3.8) is 0 Å². The summed E-state index contributed by atoms with van der Waals surface area (Å²) in [6, 6.07) is 7.65. The topological polar surface area (TPSA) is 75.3 Å². The predicted octanol–water partition coefficient (Wildman–Crippen LogP) is 1.58. The fourth-order valence-corrected chi connectivity index (χ4v) is 3.02. The van der Waals surface area contributed by atoms with Crippen molar-refractivity contribution < 1.29 is 9.90 Å². The molecule has 1 amide bonds. The molecule has 2 aliphatic rings. The number of anilines is 1. The first kappa shape index (κ1) is 13.4. The fraction of sp³-hybridized carbons (Fsp3) is 0.562. The highest BCUT2D eigenvalue weighted by molar-refractivity contribution is 5.91. The zero-order valence-corrected chi connectivity index (χ0v) is 12.0. The van der Waals surface area contributed by atoms with Crippen LogP contribution in [0.25, 0.3) is 0 Å². The van der Waals surface area contributed by atoms with Crippen molar-refractivity contribution >= 4 is 11.6 Å². The molecule has 1 aromatic carbocycles. The van der Waals surface area contributed by atoms with E-state index in [0.717, 1.165) is 18.4 Å². The van der Waals surface area contributed by atoms with Gasteiger partial charge >= 0.3 is 0 Å². The van der Waals surface area contributed by atoms with E-state index in [1.54, 1.807) is 0 Å². The third kappa shape index (κ3) is 1.90. The van der Waals surface area contributed by atoms with Crippen LogP contribution < -0.4 is 11.1 Å². The van der Waals surface area contributed by atoms with Crippen LogP contribution in [0.1, 0.15) is 38.7 Å². The van der Waals surface area contributed by atoms with Gasteiger partial charge in [0.1, 0.15) is 0 Å². The lowest BCUT2D eigenvalue weighted by Crippen LogP contribution is -2.62. The minimum absolute atomic E-state index is 0.0660. The van der Waals surface area contributed by atoms with Crippen molar-refractivity contribution in [2.75, 3.05) is 5.73 Å². The van der Waals surface area contributed by atoms with Crippen molar-refractivity contribution in [3.8, 4) is 0 Å². The summed E-state index contributed by atoms with van der Waals surface area (Å²) < 4.78 is 0. The number of rotatable bonds is 3. The van der Waals surface area contributed by atoms with Gasteiger partial charge in [0.2, 0.25) is 5.91 Å². The van der Waals surface area contributed by atoms with E-state index in [1.807, 2.05) is 38.1 Å². The van der Waals surface area contributed by atoms with Crippen LogP contribution in [0.2, 0.25) is 0 Å². The molecule has 4 nitrogen and oxygen atoms in total. The van der Waals surface area contributed by atoms with Gasteiger partial charge in [0.05, 0.1) is 11.5 Å². The van der Waals surface area contributed by atoms with Crippen LogP contribution in [-0.4, -0.2) is 23.2 Å².